The van der Waals surface area contributed by atoms with E-state index in [9.17, 15) is 14.0 Å². The van der Waals surface area contributed by atoms with Gasteiger partial charge in [-0.3, -0.25) is 9.59 Å². The van der Waals surface area contributed by atoms with Crippen LogP contribution in [-0.2, 0) is 9.53 Å². The minimum Gasteiger partial charge on any atom is -0.384 e. The van der Waals surface area contributed by atoms with Crippen LogP contribution >= 0.6 is 11.6 Å². The van der Waals surface area contributed by atoms with Gasteiger partial charge in [0.25, 0.3) is 5.91 Å². The summed E-state index contributed by atoms with van der Waals surface area (Å²) in [7, 11) is 1.54. The van der Waals surface area contributed by atoms with E-state index in [0.717, 1.165) is 0 Å². The Morgan fingerprint density at radius 1 is 1.23 bits per heavy atom. The summed E-state index contributed by atoms with van der Waals surface area (Å²) in [6, 6.07) is 4.16. The quantitative estimate of drug-likeness (QED) is 0.847. The summed E-state index contributed by atoms with van der Waals surface area (Å²) in [6.07, 6.45) is 0.323. The molecule has 5 nitrogen and oxygen atoms in total. The summed E-state index contributed by atoms with van der Waals surface area (Å²) in [6.45, 7) is 1.97. The summed E-state index contributed by atoms with van der Waals surface area (Å²) in [5.74, 6) is -1.07. The number of hydrogen-bond acceptors (Lipinski definition) is 3. The predicted octanol–water partition coefficient (Wildman–Crippen LogP) is 1.80. The molecular weight excluding hydrogens is 311 g/mol. The van der Waals surface area contributed by atoms with Crippen LogP contribution in [0, 0.1) is 5.82 Å². The van der Waals surface area contributed by atoms with Crippen LogP contribution in [0.3, 0.4) is 0 Å². The number of benzene rings is 1. The van der Waals surface area contributed by atoms with Gasteiger partial charge in [0.1, 0.15) is 5.82 Å². The number of ether oxygens (including phenoxy) is 1. The van der Waals surface area contributed by atoms with Crippen molar-refractivity contribution in [2.75, 3.05) is 39.9 Å². The number of carbonyl (C=O) groups excluding carboxylic acids is 2. The van der Waals surface area contributed by atoms with Gasteiger partial charge in [0, 0.05) is 33.3 Å². The molecule has 1 aliphatic rings. The molecule has 1 fully saturated rings. The van der Waals surface area contributed by atoms with Crippen LogP contribution in [0.2, 0.25) is 5.02 Å². The molecule has 0 saturated carbocycles. The van der Waals surface area contributed by atoms with Crippen LogP contribution in [-0.4, -0.2) is 61.5 Å². The topological polar surface area (TPSA) is 49.9 Å². The van der Waals surface area contributed by atoms with Gasteiger partial charge < -0.3 is 14.5 Å². The number of nitrogens with zero attached hydrogens (tertiary/aromatic N) is 2. The predicted molar refractivity (Wildman–Crippen MR) is 80.4 cm³/mol. The largest absolute Gasteiger partial charge is 0.384 e. The number of methoxy groups -OCH3 is 1. The second-order valence-electron chi connectivity index (χ2n) is 5.01. The van der Waals surface area contributed by atoms with E-state index in [1.807, 2.05) is 0 Å². The molecule has 0 atom stereocenters. The van der Waals surface area contributed by atoms with Crippen molar-refractivity contribution in [1.82, 2.24) is 9.80 Å². The van der Waals surface area contributed by atoms with Crippen LogP contribution in [0.1, 0.15) is 16.8 Å². The van der Waals surface area contributed by atoms with Gasteiger partial charge in [-0.05, 0) is 12.1 Å². The van der Waals surface area contributed by atoms with Crippen molar-refractivity contribution in [3.63, 3.8) is 0 Å². The molecule has 0 aliphatic carbocycles. The first-order valence-corrected chi connectivity index (χ1v) is 7.42. The minimum atomic E-state index is -0.629. The Kier molecular flexibility index (Phi) is 5.74. The Morgan fingerprint density at radius 3 is 2.45 bits per heavy atom. The van der Waals surface area contributed by atoms with Crippen molar-refractivity contribution in [3.8, 4) is 0 Å². The molecule has 0 aromatic heterocycles. The molecule has 2 amide bonds. The van der Waals surface area contributed by atoms with Crippen LogP contribution in [0.25, 0.3) is 0 Å². The zero-order chi connectivity index (χ0) is 16.1. The van der Waals surface area contributed by atoms with E-state index in [4.69, 9.17) is 16.3 Å². The van der Waals surface area contributed by atoms with Gasteiger partial charge in [0.2, 0.25) is 5.91 Å². The average Bonchev–Trinajstić information content (AvgIpc) is 2.52. The van der Waals surface area contributed by atoms with Crippen molar-refractivity contribution in [1.29, 1.82) is 0 Å². The second-order valence-corrected chi connectivity index (χ2v) is 5.42. The number of amides is 2. The lowest BCUT2D eigenvalue weighted by Crippen LogP contribution is -2.50. The van der Waals surface area contributed by atoms with E-state index in [0.29, 0.717) is 39.2 Å². The summed E-state index contributed by atoms with van der Waals surface area (Å²) in [5, 5.41) is 0.101. The Bertz CT molecular complexity index is 539. The molecular formula is C15H18ClFN2O3. The fourth-order valence-corrected chi connectivity index (χ4v) is 2.61. The van der Waals surface area contributed by atoms with Gasteiger partial charge in [0.05, 0.1) is 23.6 Å². The normalized spacial score (nSPS) is 15.0. The standard InChI is InChI=1S/C15H18ClFN2O3/c1-22-10-5-13(20)18-6-8-19(9-7-18)15(21)14-11(16)3-2-4-12(14)17/h2-4H,5-10H2,1H3. The Balaban J connectivity index is 1.97. The maximum absolute atomic E-state index is 13.8. The maximum Gasteiger partial charge on any atom is 0.258 e. The molecule has 1 heterocycles. The summed E-state index contributed by atoms with van der Waals surface area (Å²) >= 11 is 5.91. The van der Waals surface area contributed by atoms with Gasteiger partial charge in [-0.25, -0.2) is 4.39 Å². The number of piperazine rings is 1. The van der Waals surface area contributed by atoms with Crippen molar-refractivity contribution in [2.45, 2.75) is 6.42 Å². The lowest BCUT2D eigenvalue weighted by molar-refractivity contribution is -0.133. The summed E-state index contributed by atoms with van der Waals surface area (Å²) in [5.41, 5.74) is -0.108. The number of hydrogen-bond donors (Lipinski definition) is 0. The maximum atomic E-state index is 13.8. The summed E-state index contributed by atoms with van der Waals surface area (Å²) in [4.78, 5) is 27.4. The smallest absolute Gasteiger partial charge is 0.258 e. The third kappa shape index (κ3) is 3.75. The van der Waals surface area contributed by atoms with Gasteiger partial charge in [-0.15, -0.1) is 0 Å². The molecule has 2 rings (SSSR count). The molecule has 120 valence electrons. The lowest BCUT2D eigenvalue weighted by Gasteiger charge is -2.35. The van der Waals surface area contributed by atoms with Gasteiger partial charge in [0.15, 0.2) is 0 Å². The highest BCUT2D eigenvalue weighted by molar-refractivity contribution is 6.33. The molecule has 0 spiro atoms. The van der Waals surface area contributed by atoms with E-state index >= 15 is 0 Å². The highest BCUT2D eigenvalue weighted by Crippen LogP contribution is 2.21. The third-order valence-corrected chi connectivity index (χ3v) is 3.93. The zero-order valence-electron chi connectivity index (χ0n) is 12.3. The second kappa shape index (κ2) is 7.56. The fourth-order valence-electron chi connectivity index (χ4n) is 2.37. The van der Waals surface area contributed by atoms with Crippen LogP contribution in [0.15, 0.2) is 18.2 Å². The highest BCUT2D eigenvalue weighted by Gasteiger charge is 2.27. The molecule has 1 aliphatic heterocycles. The molecule has 0 unspecified atom stereocenters. The first-order chi connectivity index (χ1) is 10.5. The van der Waals surface area contributed by atoms with Crippen LogP contribution < -0.4 is 0 Å². The molecule has 1 aromatic rings. The van der Waals surface area contributed by atoms with E-state index < -0.39 is 11.7 Å². The average molecular weight is 329 g/mol. The first kappa shape index (κ1) is 16.7. The SMILES string of the molecule is COCCC(=O)N1CCN(C(=O)c2c(F)cccc2Cl)CC1. The monoisotopic (exact) mass is 328 g/mol. The Morgan fingerprint density at radius 2 is 1.86 bits per heavy atom. The molecule has 7 heteroatoms. The molecule has 0 N–H and O–H groups in total. The Labute approximate surface area is 133 Å². The fraction of sp³-hybridized carbons (Fsp3) is 0.467. The van der Waals surface area contributed by atoms with Crippen molar-refractivity contribution in [2.24, 2.45) is 0 Å². The van der Waals surface area contributed by atoms with Gasteiger partial charge in [-0.1, -0.05) is 17.7 Å². The molecule has 0 radical (unpaired) electrons. The number of rotatable bonds is 4. The van der Waals surface area contributed by atoms with Crippen molar-refractivity contribution < 1.29 is 18.7 Å². The zero-order valence-corrected chi connectivity index (χ0v) is 13.1. The first-order valence-electron chi connectivity index (χ1n) is 7.04. The van der Waals surface area contributed by atoms with Crippen molar-refractivity contribution >= 4 is 23.4 Å². The van der Waals surface area contributed by atoms with E-state index in [2.05, 4.69) is 0 Å². The highest BCUT2D eigenvalue weighted by atomic mass is 35.5. The molecule has 1 aromatic carbocycles. The van der Waals surface area contributed by atoms with Crippen LogP contribution in [0.5, 0.6) is 0 Å². The lowest BCUT2D eigenvalue weighted by atomic mass is 10.1. The minimum absolute atomic E-state index is 0.00197. The Hall–Kier alpha value is -1.66. The third-order valence-electron chi connectivity index (χ3n) is 3.62. The molecule has 0 bridgehead atoms. The molecule has 22 heavy (non-hydrogen) atoms. The molecule has 1 saturated heterocycles. The van der Waals surface area contributed by atoms with Gasteiger partial charge >= 0.3 is 0 Å². The van der Waals surface area contributed by atoms with Gasteiger partial charge in [-0.2, -0.15) is 0 Å². The number of halogens is 2. The summed E-state index contributed by atoms with van der Waals surface area (Å²) < 4.78 is 18.7. The van der Waals surface area contributed by atoms with E-state index in [1.54, 1.807) is 12.0 Å². The van der Waals surface area contributed by atoms with Crippen molar-refractivity contribution in [3.05, 3.63) is 34.6 Å². The van der Waals surface area contributed by atoms with Crippen LogP contribution in [0.4, 0.5) is 4.39 Å². The van der Waals surface area contributed by atoms with E-state index in [-0.39, 0.29) is 16.5 Å². The van der Waals surface area contributed by atoms with E-state index in [1.165, 1.54) is 23.1 Å². The number of carbonyl (C=O) groups is 2.